The van der Waals surface area contributed by atoms with Crippen molar-refractivity contribution in [2.24, 2.45) is 0 Å². The Hall–Kier alpha value is 0.650. The fourth-order valence-corrected chi connectivity index (χ4v) is 6.59. The molecule has 0 saturated carbocycles. The summed E-state index contributed by atoms with van der Waals surface area (Å²) >= 11 is 6.39. The molecule has 0 aliphatic carbocycles. The van der Waals surface area contributed by atoms with Gasteiger partial charge in [-0.2, -0.15) is 0 Å². The summed E-state index contributed by atoms with van der Waals surface area (Å²) < 4.78 is 14.9. The average Bonchev–Trinajstić information content (AvgIpc) is 2.22. The Morgan fingerprint density at radius 1 is 0.800 bits per heavy atom. The molecule has 0 aromatic rings. The molecule has 94 valence electrons. The van der Waals surface area contributed by atoms with Crippen molar-refractivity contribution in [2.75, 3.05) is 18.5 Å². The SMILES string of the molecule is CCCCP(F)(Cl)(CCCC)CCCC. The van der Waals surface area contributed by atoms with Gasteiger partial charge in [-0.25, -0.2) is 0 Å². The predicted octanol–water partition coefficient (Wildman–Crippen LogP) is 5.98. The molecule has 3 heteroatoms. The number of halogens is 2. The first-order valence-electron chi connectivity index (χ1n) is 6.41. The van der Waals surface area contributed by atoms with Crippen molar-refractivity contribution in [3.8, 4) is 0 Å². The van der Waals surface area contributed by atoms with Gasteiger partial charge in [-0.1, -0.05) is 0 Å². The molecule has 0 radical (unpaired) electrons. The molecule has 0 N–H and O–H groups in total. The Kier molecular flexibility index (Phi) is 7.38. The van der Waals surface area contributed by atoms with Crippen LogP contribution in [0.1, 0.15) is 59.3 Å². The first kappa shape index (κ1) is 15.7. The van der Waals surface area contributed by atoms with E-state index in [-0.39, 0.29) is 0 Å². The van der Waals surface area contributed by atoms with Crippen LogP contribution in [-0.2, 0) is 0 Å². The molecule has 0 aromatic carbocycles. The number of hydrogen-bond donors (Lipinski definition) is 0. The Morgan fingerprint density at radius 3 is 1.27 bits per heavy atom. The van der Waals surface area contributed by atoms with Crippen LogP contribution in [0, 0.1) is 0 Å². The van der Waals surface area contributed by atoms with Gasteiger partial charge in [-0.05, 0) is 0 Å². The van der Waals surface area contributed by atoms with E-state index in [4.69, 9.17) is 11.2 Å². The normalized spacial score (nSPS) is 14.9. The fraction of sp³-hybridized carbons (Fsp3) is 1.00. The summed E-state index contributed by atoms with van der Waals surface area (Å²) in [5.41, 5.74) is 0. The van der Waals surface area contributed by atoms with Crippen LogP contribution in [-0.4, -0.2) is 18.5 Å². The van der Waals surface area contributed by atoms with Gasteiger partial charge >= 0.3 is 99.5 Å². The number of rotatable bonds is 9. The van der Waals surface area contributed by atoms with Gasteiger partial charge in [0.05, 0.1) is 0 Å². The summed E-state index contributed by atoms with van der Waals surface area (Å²) in [5.74, 6) is 0. The van der Waals surface area contributed by atoms with E-state index in [1.807, 2.05) is 0 Å². The van der Waals surface area contributed by atoms with Crippen LogP contribution < -0.4 is 0 Å². The third-order valence-corrected chi connectivity index (χ3v) is 8.37. The molecule has 0 saturated heterocycles. The second-order valence-corrected chi connectivity index (χ2v) is 11.5. The Balaban J connectivity index is 4.33. The van der Waals surface area contributed by atoms with Crippen molar-refractivity contribution in [1.82, 2.24) is 0 Å². The quantitative estimate of drug-likeness (QED) is 0.445. The van der Waals surface area contributed by atoms with Gasteiger partial charge in [0.25, 0.3) is 0 Å². The first-order chi connectivity index (χ1) is 6.96. The van der Waals surface area contributed by atoms with E-state index < -0.39 is 6.27 Å². The molecule has 0 amide bonds. The minimum absolute atomic E-state index is 0.643. The molecule has 0 aromatic heterocycles. The molecule has 0 aliphatic heterocycles. The number of hydrogen-bond acceptors (Lipinski definition) is 0. The zero-order valence-corrected chi connectivity index (χ0v) is 12.2. The van der Waals surface area contributed by atoms with Crippen LogP contribution in [0.4, 0.5) is 4.20 Å². The van der Waals surface area contributed by atoms with Gasteiger partial charge in [0.2, 0.25) is 0 Å². The van der Waals surface area contributed by atoms with E-state index in [1.165, 1.54) is 0 Å². The minimum atomic E-state index is -3.31. The van der Waals surface area contributed by atoms with Crippen molar-refractivity contribution in [2.45, 2.75) is 59.3 Å². The van der Waals surface area contributed by atoms with Crippen molar-refractivity contribution < 1.29 is 4.20 Å². The van der Waals surface area contributed by atoms with Gasteiger partial charge in [0.15, 0.2) is 0 Å². The summed E-state index contributed by atoms with van der Waals surface area (Å²) in [4.78, 5) is 0. The van der Waals surface area contributed by atoms with Crippen molar-refractivity contribution in [3.63, 3.8) is 0 Å². The fourth-order valence-electron chi connectivity index (χ4n) is 1.84. The van der Waals surface area contributed by atoms with Gasteiger partial charge in [-0.15, -0.1) is 0 Å². The van der Waals surface area contributed by atoms with Crippen LogP contribution in [0.2, 0.25) is 0 Å². The molecule has 0 heterocycles. The molecule has 0 spiro atoms. The maximum atomic E-state index is 14.9. The predicted molar refractivity (Wildman–Crippen MR) is 73.2 cm³/mol. The monoisotopic (exact) mass is 256 g/mol. The maximum absolute atomic E-state index is 14.9. The van der Waals surface area contributed by atoms with Crippen LogP contribution in [0.5, 0.6) is 0 Å². The van der Waals surface area contributed by atoms with E-state index in [1.54, 1.807) is 0 Å². The molecular formula is C12H27ClFP. The van der Waals surface area contributed by atoms with E-state index in [0.29, 0.717) is 18.5 Å². The summed E-state index contributed by atoms with van der Waals surface area (Å²) in [6, 6.07) is 0. The first-order valence-corrected chi connectivity index (χ1v) is 10.00. The number of unbranched alkanes of at least 4 members (excludes halogenated alkanes) is 3. The standard InChI is InChI=1S/C12H27ClFP/c1-4-7-10-15(13,14,11-8-5-2)12-9-6-3/h4-12H2,1-3H3. The van der Waals surface area contributed by atoms with Crippen LogP contribution in [0.25, 0.3) is 0 Å². The van der Waals surface area contributed by atoms with Crippen molar-refractivity contribution >= 4 is 17.5 Å². The van der Waals surface area contributed by atoms with Crippen LogP contribution in [0.3, 0.4) is 0 Å². The molecule has 0 aliphatic rings. The third-order valence-electron chi connectivity index (χ3n) is 2.99. The van der Waals surface area contributed by atoms with Crippen LogP contribution in [0.15, 0.2) is 0 Å². The van der Waals surface area contributed by atoms with Crippen molar-refractivity contribution in [3.05, 3.63) is 0 Å². The molecule has 0 unspecified atom stereocenters. The molecule has 0 rings (SSSR count). The molecule has 0 nitrogen and oxygen atoms in total. The zero-order chi connectivity index (χ0) is 11.8. The summed E-state index contributed by atoms with van der Waals surface area (Å²) in [5, 5.41) is 0. The summed E-state index contributed by atoms with van der Waals surface area (Å²) in [7, 11) is 0. The van der Waals surface area contributed by atoms with Gasteiger partial charge < -0.3 is 0 Å². The summed E-state index contributed by atoms with van der Waals surface area (Å²) in [6.45, 7) is 6.31. The van der Waals surface area contributed by atoms with E-state index in [2.05, 4.69) is 20.8 Å². The second-order valence-electron chi connectivity index (χ2n) is 4.68. The second kappa shape index (κ2) is 7.07. The van der Waals surface area contributed by atoms with Crippen molar-refractivity contribution in [1.29, 1.82) is 0 Å². The average molecular weight is 257 g/mol. The van der Waals surface area contributed by atoms with E-state index in [9.17, 15) is 4.20 Å². The Morgan fingerprint density at radius 2 is 1.07 bits per heavy atom. The van der Waals surface area contributed by atoms with Crippen LogP contribution >= 0.6 is 17.5 Å². The van der Waals surface area contributed by atoms with Gasteiger partial charge in [0.1, 0.15) is 0 Å². The molecule has 0 fully saturated rings. The van der Waals surface area contributed by atoms with Gasteiger partial charge in [-0.3, -0.25) is 0 Å². The molecular weight excluding hydrogens is 230 g/mol. The summed E-state index contributed by atoms with van der Waals surface area (Å²) in [6.07, 6.45) is 4.61. The van der Waals surface area contributed by atoms with E-state index in [0.717, 1.165) is 38.5 Å². The zero-order valence-electron chi connectivity index (χ0n) is 10.6. The topological polar surface area (TPSA) is 0 Å². The van der Waals surface area contributed by atoms with E-state index >= 15 is 0 Å². The Bertz CT molecular complexity index is 142. The molecule has 15 heavy (non-hydrogen) atoms. The third kappa shape index (κ3) is 6.74. The Labute approximate surface area is 99.8 Å². The molecule has 0 bridgehead atoms. The molecule has 0 atom stereocenters. The van der Waals surface area contributed by atoms with Gasteiger partial charge in [0, 0.05) is 0 Å².